The van der Waals surface area contributed by atoms with E-state index in [0.717, 1.165) is 29.5 Å². The Morgan fingerprint density at radius 2 is 1.68 bits per heavy atom. The average molecular weight is 423 g/mol. The van der Waals surface area contributed by atoms with Gasteiger partial charge in [0, 0.05) is 12.1 Å². The van der Waals surface area contributed by atoms with Crippen molar-refractivity contribution in [3.8, 4) is 0 Å². The molecule has 3 N–H and O–H groups in total. The third-order valence-electron chi connectivity index (χ3n) is 3.50. The molecular weight excluding hydrogens is 414 g/mol. The van der Waals surface area contributed by atoms with Crippen molar-refractivity contribution in [2.24, 2.45) is 5.14 Å². The lowest BCUT2D eigenvalue weighted by Gasteiger charge is -2.02. The van der Waals surface area contributed by atoms with Gasteiger partial charge in [-0.25, -0.2) is 18.5 Å². The summed E-state index contributed by atoms with van der Waals surface area (Å²) in [7, 11) is -3.91. The molecule has 1 heterocycles. The van der Waals surface area contributed by atoms with Crippen LogP contribution in [0.25, 0.3) is 10.2 Å². The van der Waals surface area contributed by atoms with Gasteiger partial charge in [0.25, 0.3) is 17.3 Å². The quantitative estimate of drug-likeness (QED) is 0.460. The van der Waals surface area contributed by atoms with Gasteiger partial charge < -0.3 is 0 Å². The molecule has 0 spiro atoms. The summed E-state index contributed by atoms with van der Waals surface area (Å²) in [5.41, 5.74) is -1.13. The number of carbonyl (C=O) groups is 1. The van der Waals surface area contributed by atoms with Gasteiger partial charge in [0.1, 0.15) is 0 Å². The van der Waals surface area contributed by atoms with Gasteiger partial charge in [-0.1, -0.05) is 11.3 Å². The molecule has 0 bridgehead atoms. The lowest BCUT2D eigenvalue weighted by atomic mass is 10.1. The van der Waals surface area contributed by atoms with Crippen LogP contribution in [0.2, 0.25) is 0 Å². The summed E-state index contributed by atoms with van der Waals surface area (Å²) in [4.78, 5) is 36.5. The highest BCUT2D eigenvalue weighted by Crippen LogP contribution is 2.29. The van der Waals surface area contributed by atoms with Crippen LogP contribution in [-0.4, -0.2) is 29.2 Å². The zero-order valence-electron chi connectivity index (χ0n) is 13.6. The number of primary sulfonamides is 1. The van der Waals surface area contributed by atoms with Crippen LogP contribution < -0.4 is 10.5 Å². The van der Waals surface area contributed by atoms with E-state index < -0.39 is 37.2 Å². The standard InChI is InChI=1S/C14H9N5O7S2/c15-28(25,26)10-1-2-11-12(6-10)27-14(16-11)17-13(20)7-3-8(18(21)22)5-9(4-7)19(23)24/h1-6H,(H2,15,25,26)(H,16,17,20). The Hall–Kier alpha value is -3.49. The maximum atomic E-state index is 12.4. The smallest absolute Gasteiger partial charge is 0.277 e. The third-order valence-corrected chi connectivity index (χ3v) is 5.34. The first-order valence-corrected chi connectivity index (χ1v) is 9.59. The predicted molar refractivity (Wildman–Crippen MR) is 98.7 cm³/mol. The number of hydrogen-bond donors (Lipinski definition) is 2. The first-order chi connectivity index (χ1) is 13.0. The minimum absolute atomic E-state index is 0.0701. The van der Waals surface area contributed by atoms with Crippen LogP contribution in [0.1, 0.15) is 10.4 Å². The number of rotatable bonds is 5. The van der Waals surface area contributed by atoms with Gasteiger partial charge in [-0.2, -0.15) is 0 Å². The van der Waals surface area contributed by atoms with E-state index in [9.17, 15) is 33.4 Å². The number of sulfonamides is 1. The number of nitrogens with two attached hydrogens (primary N) is 1. The van der Waals surface area contributed by atoms with E-state index >= 15 is 0 Å². The fourth-order valence-electron chi connectivity index (χ4n) is 2.24. The third kappa shape index (κ3) is 3.93. The van der Waals surface area contributed by atoms with Gasteiger partial charge >= 0.3 is 0 Å². The summed E-state index contributed by atoms with van der Waals surface area (Å²) >= 11 is 0.941. The fraction of sp³-hybridized carbons (Fsp3) is 0. The van der Waals surface area contributed by atoms with Gasteiger partial charge in [0.2, 0.25) is 10.0 Å². The number of fused-ring (bicyclic) bond motifs is 1. The van der Waals surface area contributed by atoms with Crippen molar-refractivity contribution in [1.29, 1.82) is 0 Å². The number of thiazole rings is 1. The molecule has 28 heavy (non-hydrogen) atoms. The number of nitro groups is 2. The SMILES string of the molecule is NS(=O)(=O)c1ccc2nc(NC(=O)c3cc([N+](=O)[O-])cc([N+](=O)[O-])c3)sc2c1. The molecule has 0 aliphatic rings. The largest absolute Gasteiger partial charge is 0.298 e. The Morgan fingerprint density at radius 1 is 1.07 bits per heavy atom. The summed E-state index contributed by atoms with van der Waals surface area (Å²) in [6.45, 7) is 0. The molecule has 0 fully saturated rings. The van der Waals surface area contributed by atoms with Crippen molar-refractivity contribution in [3.05, 3.63) is 62.2 Å². The van der Waals surface area contributed by atoms with Crippen molar-refractivity contribution in [2.75, 3.05) is 5.32 Å². The monoisotopic (exact) mass is 423 g/mol. The molecular formula is C14H9N5O7S2. The predicted octanol–water partition coefficient (Wildman–Crippen LogP) is 2.01. The average Bonchev–Trinajstić information content (AvgIpc) is 3.01. The minimum Gasteiger partial charge on any atom is -0.298 e. The van der Waals surface area contributed by atoms with Crippen LogP contribution >= 0.6 is 11.3 Å². The molecule has 0 unspecified atom stereocenters. The Labute approximate surface area is 160 Å². The number of hydrogen-bond acceptors (Lipinski definition) is 9. The molecule has 3 aromatic rings. The van der Waals surface area contributed by atoms with Crippen LogP contribution in [0.3, 0.4) is 0 Å². The molecule has 2 aromatic carbocycles. The van der Waals surface area contributed by atoms with Crippen molar-refractivity contribution < 1.29 is 23.1 Å². The molecule has 0 atom stereocenters. The Balaban J connectivity index is 1.94. The van der Waals surface area contributed by atoms with E-state index in [-0.39, 0.29) is 15.6 Å². The molecule has 0 saturated heterocycles. The van der Waals surface area contributed by atoms with E-state index in [2.05, 4.69) is 10.3 Å². The number of amides is 1. The van der Waals surface area contributed by atoms with Gasteiger partial charge in [-0.05, 0) is 18.2 Å². The second-order valence-electron chi connectivity index (χ2n) is 5.40. The van der Waals surface area contributed by atoms with E-state index in [1.807, 2.05) is 0 Å². The summed E-state index contributed by atoms with van der Waals surface area (Å²) in [6.07, 6.45) is 0. The van der Waals surface area contributed by atoms with Crippen LogP contribution in [0.4, 0.5) is 16.5 Å². The summed E-state index contributed by atoms with van der Waals surface area (Å²) in [5.74, 6) is -0.850. The first kappa shape index (κ1) is 19.3. The van der Waals surface area contributed by atoms with Crippen LogP contribution in [0.15, 0.2) is 41.3 Å². The molecule has 0 aliphatic carbocycles. The highest BCUT2D eigenvalue weighted by atomic mass is 32.2. The van der Waals surface area contributed by atoms with E-state index in [1.54, 1.807) is 0 Å². The summed E-state index contributed by atoms with van der Waals surface area (Å²) in [5, 5.41) is 29.4. The molecule has 12 nitrogen and oxygen atoms in total. The molecule has 1 aromatic heterocycles. The molecule has 1 amide bonds. The second kappa shape index (κ2) is 6.91. The van der Waals surface area contributed by atoms with Crippen LogP contribution in [0, 0.1) is 20.2 Å². The number of nitrogens with one attached hydrogen (secondary N) is 1. The maximum Gasteiger partial charge on any atom is 0.277 e. The van der Waals surface area contributed by atoms with Crippen molar-refractivity contribution in [3.63, 3.8) is 0 Å². The number of aromatic nitrogens is 1. The van der Waals surface area contributed by atoms with Crippen molar-refractivity contribution in [1.82, 2.24) is 4.98 Å². The maximum absolute atomic E-state index is 12.4. The van der Waals surface area contributed by atoms with Gasteiger partial charge in [-0.15, -0.1) is 0 Å². The zero-order valence-corrected chi connectivity index (χ0v) is 15.2. The minimum atomic E-state index is -3.91. The highest BCUT2D eigenvalue weighted by molar-refractivity contribution is 7.89. The molecule has 0 radical (unpaired) electrons. The summed E-state index contributed by atoms with van der Waals surface area (Å²) < 4.78 is 23.2. The molecule has 3 rings (SSSR count). The van der Waals surface area contributed by atoms with E-state index in [1.165, 1.54) is 18.2 Å². The van der Waals surface area contributed by atoms with E-state index in [0.29, 0.717) is 10.2 Å². The Kier molecular flexibility index (Phi) is 4.76. The summed E-state index contributed by atoms with van der Waals surface area (Å²) in [6, 6.07) is 6.48. The molecule has 0 aliphatic heterocycles. The number of nitrogens with zero attached hydrogens (tertiary/aromatic N) is 3. The normalized spacial score (nSPS) is 11.3. The number of anilines is 1. The van der Waals surface area contributed by atoms with Gasteiger partial charge in [-0.3, -0.25) is 30.3 Å². The van der Waals surface area contributed by atoms with Crippen LogP contribution in [0.5, 0.6) is 0 Å². The highest BCUT2D eigenvalue weighted by Gasteiger charge is 2.21. The molecule has 0 saturated carbocycles. The van der Waals surface area contributed by atoms with Crippen molar-refractivity contribution >= 4 is 54.0 Å². The zero-order chi connectivity index (χ0) is 20.6. The van der Waals surface area contributed by atoms with Gasteiger partial charge in [0.05, 0.1) is 36.6 Å². The number of benzene rings is 2. The van der Waals surface area contributed by atoms with E-state index in [4.69, 9.17) is 5.14 Å². The van der Waals surface area contributed by atoms with Gasteiger partial charge in [0.15, 0.2) is 5.13 Å². The Morgan fingerprint density at radius 3 is 2.21 bits per heavy atom. The lowest BCUT2D eigenvalue weighted by molar-refractivity contribution is -0.394. The van der Waals surface area contributed by atoms with Crippen LogP contribution in [-0.2, 0) is 10.0 Å². The number of nitro benzene ring substituents is 2. The Bertz CT molecular complexity index is 1220. The van der Waals surface area contributed by atoms with Crippen molar-refractivity contribution in [2.45, 2.75) is 4.90 Å². The molecule has 144 valence electrons. The molecule has 14 heteroatoms. The lowest BCUT2D eigenvalue weighted by Crippen LogP contribution is -2.12. The fourth-order valence-corrected chi connectivity index (χ4v) is 3.76. The first-order valence-electron chi connectivity index (χ1n) is 7.23. The number of carbonyl (C=O) groups excluding carboxylic acids is 1. The topological polar surface area (TPSA) is 188 Å². The number of non-ortho nitro benzene ring substituents is 2. The second-order valence-corrected chi connectivity index (χ2v) is 7.99.